The monoisotopic (exact) mass is 230 g/mol. The van der Waals surface area contributed by atoms with Gasteiger partial charge in [0.15, 0.2) is 0 Å². The van der Waals surface area contributed by atoms with Crippen LogP contribution in [0.3, 0.4) is 0 Å². The third-order valence-corrected chi connectivity index (χ3v) is 2.20. The Kier molecular flexibility index (Phi) is 6.08. The molecule has 0 spiro atoms. The summed E-state index contributed by atoms with van der Waals surface area (Å²) >= 11 is 0. The van der Waals surface area contributed by atoms with E-state index in [0.29, 0.717) is 0 Å². The standard InChI is InChI=1S/C12H22O4/c1-7(2)15-11(13)9(5)10(6)12(14)16-8(3)4/h7-10H,1-6H3. The molecule has 0 aromatic rings. The first kappa shape index (κ1) is 14.9. The van der Waals surface area contributed by atoms with E-state index in [1.165, 1.54) is 0 Å². The molecule has 0 saturated heterocycles. The topological polar surface area (TPSA) is 52.6 Å². The fourth-order valence-corrected chi connectivity index (χ4v) is 1.09. The lowest BCUT2D eigenvalue weighted by atomic mass is 9.96. The molecule has 0 N–H and O–H groups in total. The van der Waals surface area contributed by atoms with Crippen LogP contribution in [-0.2, 0) is 19.1 Å². The Balaban J connectivity index is 4.31. The molecule has 2 unspecified atom stereocenters. The van der Waals surface area contributed by atoms with Crippen molar-refractivity contribution in [3.05, 3.63) is 0 Å². The summed E-state index contributed by atoms with van der Waals surface area (Å²) in [5, 5.41) is 0. The van der Waals surface area contributed by atoms with E-state index in [-0.39, 0.29) is 24.1 Å². The number of hydrogen-bond donors (Lipinski definition) is 0. The van der Waals surface area contributed by atoms with E-state index in [1.54, 1.807) is 41.5 Å². The molecule has 0 saturated carbocycles. The van der Waals surface area contributed by atoms with Gasteiger partial charge < -0.3 is 9.47 Å². The predicted octanol–water partition coefficient (Wildman–Crippen LogP) is 2.16. The second-order valence-corrected chi connectivity index (χ2v) is 4.55. The maximum absolute atomic E-state index is 11.6. The van der Waals surface area contributed by atoms with Crippen LogP contribution in [0, 0.1) is 11.8 Å². The molecule has 0 amide bonds. The molecule has 0 aliphatic heterocycles. The minimum absolute atomic E-state index is 0.164. The van der Waals surface area contributed by atoms with Crippen LogP contribution in [0.15, 0.2) is 0 Å². The number of carbonyl (C=O) groups is 2. The highest BCUT2D eigenvalue weighted by Gasteiger charge is 2.29. The van der Waals surface area contributed by atoms with E-state index in [1.807, 2.05) is 0 Å². The average Bonchev–Trinajstić information content (AvgIpc) is 2.13. The van der Waals surface area contributed by atoms with Crippen molar-refractivity contribution >= 4 is 11.9 Å². The fraction of sp³-hybridized carbons (Fsp3) is 0.833. The van der Waals surface area contributed by atoms with E-state index < -0.39 is 11.8 Å². The summed E-state index contributed by atoms with van der Waals surface area (Å²) in [6, 6.07) is 0. The molecule has 0 rings (SSSR count). The molecular weight excluding hydrogens is 208 g/mol. The van der Waals surface area contributed by atoms with Gasteiger partial charge in [0.2, 0.25) is 0 Å². The van der Waals surface area contributed by atoms with E-state index in [0.717, 1.165) is 0 Å². The summed E-state index contributed by atoms with van der Waals surface area (Å²) in [5.74, 6) is -1.67. The van der Waals surface area contributed by atoms with Crippen LogP contribution in [0.2, 0.25) is 0 Å². The molecule has 0 aliphatic rings. The predicted molar refractivity (Wildman–Crippen MR) is 60.8 cm³/mol. The molecule has 0 aromatic carbocycles. The summed E-state index contributed by atoms with van der Waals surface area (Å²) in [5.41, 5.74) is 0. The largest absolute Gasteiger partial charge is 0.463 e. The van der Waals surface area contributed by atoms with Gasteiger partial charge in [-0.05, 0) is 27.7 Å². The molecule has 2 atom stereocenters. The Morgan fingerprint density at radius 2 is 0.938 bits per heavy atom. The Bertz CT molecular complexity index is 219. The third-order valence-electron chi connectivity index (χ3n) is 2.20. The van der Waals surface area contributed by atoms with Crippen LogP contribution in [0.1, 0.15) is 41.5 Å². The van der Waals surface area contributed by atoms with Crippen molar-refractivity contribution in [3.63, 3.8) is 0 Å². The minimum atomic E-state index is -0.478. The van der Waals surface area contributed by atoms with Gasteiger partial charge >= 0.3 is 11.9 Å². The number of rotatable bonds is 5. The van der Waals surface area contributed by atoms with Crippen LogP contribution >= 0.6 is 0 Å². The highest BCUT2D eigenvalue weighted by molar-refractivity contribution is 5.81. The lowest BCUT2D eigenvalue weighted by Crippen LogP contribution is -2.31. The zero-order valence-corrected chi connectivity index (χ0v) is 10.9. The number of hydrogen-bond acceptors (Lipinski definition) is 4. The fourth-order valence-electron chi connectivity index (χ4n) is 1.09. The Morgan fingerprint density at radius 1 is 0.688 bits per heavy atom. The van der Waals surface area contributed by atoms with Crippen LogP contribution in [0.5, 0.6) is 0 Å². The lowest BCUT2D eigenvalue weighted by Gasteiger charge is -2.20. The van der Waals surface area contributed by atoms with Crippen molar-refractivity contribution < 1.29 is 19.1 Å². The van der Waals surface area contributed by atoms with Gasteiger partial charge in [-0.25, -0.2) is 0 Å². The van der Waals surface area contributed by atoms with Gasteiger partial charge in [-0.2, -0.15) is 0 Å². The van der Waals surface area contributed by atoms with Gasteiger partial charge in [0.05, 0.1) is 24.0 Å². The third kappa shape index (κ3) is 5.14. The molecule has 0 radical (unpaired) electrons. The highest BCUT2D eigenvalue weighted by atomic mass is 16.5. The Labute approximate surface area is 97.3 Å². The SMILES string of the molecule is CC(C)OC(=O)C(C)C(C)C(=O)OC(C)C. The van der Waals surface area contributed by atoms with Crippen molar-refractivity contribution in [1.29, 1.82) is 0 Å². The highest BCUT2D eigenvalue weighted by Crippen LogP contribution is 2.16. The molecule has 4 nitrogen and oxygen atoms in total. The van der Waals surface area contributed by atoms with Crippen LogP contribution < -0.4 is 0 Å². The van der Waals surface area contributed by atoms with Crippen molar-refractivity contribution in [2.75, 3.05) is 0 Å². The summed E-state index contributed by atoms with van der Waals surface area (Å²) in [6.07, 6.45) is -0.327. The summed E-state index contributed by atoms with van der Waals surface area (Å²) in [7, 11) is 0. The maximum atomic E-state index is 11.6. The summed E-state index contributed by atoms with van der Waals surface area (Å²) in [6.45, 7) is 10.5. The summed E-state index contributed by atoms with van der Waals surface area (Å²) in [4.78, 5) is 23.1. The van der Waals surface area contributed by atoms with Crippen molar-refractivity contribution in [3.8, 4) is 0 Å². The van der Waals surface area contributed by atoms with Gasteiger partial charge in [0.1, 0.15) is 0 Å². The lowest BCUT2D eigenvalue weighted by molar-refractivity contribution is -0.163. The molecule has 0 aliphatic carbocycles. The summed E-state index contributed by atoms with van der Waals surface area (Å²) < 4.78 is 10.1. The molecular formula is C12H22O4. The zero-order chi connectivity index (χ0) is 12.9. The average molecular weight is 230 g/mol. The van der Waals surface area contributed by atoms with E-state index in [2.05, 4.69) is 0 Å². The number of ether oxygens (including phenoxy) is 2. The Morgan fingerprint density at radius 3 is 1.12 bits per heavy atom. The first-order chi connectivity index (χ1) is 7.25. The zero-order valence-electron chi connectivity index (χ0n) is 10.9. The minimum Gasteiger partial charge on any atom is -0.463 e. The van der Waals surface area contributed by atoms with Crippen LogP contribution in [0.25, 0.3) is 0 Å². The van der Waals surface area contributed by atoms with E-state index >= 15 is 0 Å². The van der Waals surface area contributed by atoms with E-state index in [9.17, 15) is 9.59 Å². The molecule has 16 heavy (non-hydrogen) atoms. The van der Waals surface area contributed by atoms with Gasteiger partial charge in [0.25, 0.3) is 0 Å². The normalized spacial score (nSPS) is 14.8. The van der Waals surface area contributed by atoms with Crippen molar-refractivity contribution in [1.82, 2.24) is 0 Å². The molecule has 0 aromatic heterocycles. The Hall–Kier alpha value is -1.06. The van der Waals surface area contributed by atoms with Gasteiger partial charge in [-0.1, -0.05) is 13.8 Å². The second kappa shape index (κ2) is 6.51. The van der Waals surface area contributed by atoms with Gasteiger partial charge in [-0.15, -0.1) is 0 Å². The molecule has 0 bridgehead atoms. The maximum Gasteiger partial charge on any atom is 0.309 e. The molecule has 0 heterocycles. The van der Waals surface area contributed by atoms with Crippen LogP contribution in [0.4, 0.5) is 0 Å². The van der Waals surface area contributed by atoms with E-state index in [4.69, 9.17) is 9.47 Å². The first-order valence-corrected chi connectivity index (χ1v) is 5.66. The molecule has 94 valence electrons. The van der Waals surface area contributed by atoms with Gasteiger partial charge in [0, 0.05) is 0 Å². The smallest absolute Gasteiger partial charge is 0.309 e. The quantitative estimate of drug-likeness (QED) is 0.679. The number of esters is 2. The van der Waals surface area contributed by atoms with Crippen molar-refractivity contribution in [2.45, 2.75) is 53.8 Å². The molecule has 0 fully saturated rings. The number of carbonyl (C=O) groups excluding carboxylic acids is 2. The van der Waals surface area contributed by atoms with Crippen molar-refractivity contribution in [2.24, 2.45) is 11.8 Å². The van der Waals surface area contributed by atoms with Crippen LogP contribution in [-0.4, -0.2) is 24.1 Å². The molecule has 4 heteroatoms. The first-order valence-electron chi connectivity index (χ1n) is 5.66. The second-order valence-electron chi connectivity index (χ2n) is 4.55. The van der Waals surface area contributed by atoms with Gasteiger partial charge in [-0.3, -0.25) is 9.59 Å².